The molecule has 0 fully saturated rings. The molecule has 1 heterocycles. The summed E-state index contributed by atoms with van der Waals surface area (Å²) in [7, 11) is 0. The topological polar surface area (TPSA) is 65.1 Å². The maximum absolute atomic E-state index is 13.2. The van der Waals surface area contributed by atoms with Crippen molar-refractivity contribution in [1.82, 2.24) is 10.3 Å². The Hall–Kier alpha value is -1.88. The smallest absolute Gasteiger partial charge is 0.224 e. The molecule has 1 unspecified atom stereocenters. The van der Waals surface area contributed by atoms with Crippen LogP contribution in [0.2, 0.25) is 0 Å². The number of rotatable bonds is 5. The van der Waals surface area contributed by atoms with Gasteiger partial charge >= 0.3 is 0 Å². The maximum atomic E-state index is 13.2. The first-order chi connectivity index (χ1) is 9.47. The van der Waals surface area contributed by atoms with Crippen molar-refractivity contribution in [3.63, 3.8) is 0 Å². The number of nitrogens with one attached hydrogen (secondary N) is 2. The Kier molecular flexibility index (Phi) is 4.39. The van der Waals surface area contributed by atoms with E-state index in [1.807, 2.05) is 13.8 Å². The van der Waals surface area contributed by atoms with Crippen LogP contribution in [0.5, 0.6) is 0 Å². The average Bonchev–Trinajstić information content (AvgIpc) is 2.78. The number of aromatic nitrogens is 1. The van der Waals surface area contributed by atoms with Gasteiger partial charge in [0.2, 0.25) is 5.91 Å². The van der Waals surface area contributed by atoms with E-state index in [2.05, 4.69) is 10.3 Å². The molecule has 1 aromatic carbocycles. The van der Waals surface area contributed by atoms with Gasteiger partial charge in [-0.05, 0) is 29.7 Å². The molecular weight excluding hydrogens is 259 g/mol. The zero-order valence-electron chi connectivity index (χ0n) is 11.6. The van der Waals surface area contributed by atoms with Gasteiger partial charge in [0.25, 0.3) is 0 Å². The van der Waals surface area contributed by atoms with Crippen LogP contribution >= 0.6 is 0 Å². The van der Waals surface area contributed by atoms with E-state index in [0.29, 0.717) is 5.39 Å². The number of halogens is 1. The molecule has 4 nitrogen and oxygen atoms in total. The summed E-state index contributed by atoms with van der Waals surface area (Å²) in [5.41, 5.74) is 1.55. The number of carbonyl (C=O) groups excluding carboxylic acids is 1. The largest absolute Gasteiger partial charge is 0.391 e. The summed E-state index contributed by atoms with van der Waals surface area (Å²) in [5.74, 6) is -0.415. The minimum absolute atomic E-state index is 0.0949. The lowest BCUT2D eigenvalue weighted by Crippen LogP contribution is -2.35. The number of H-pyrrole nitrogens is 1. The quantitative estimate of drug-likeness (QED) is 0.783. The van der Waals surface area contributed by atoms with E-state index in [0.717, 1.165) is 11.1 Å². The van der Waals surface area contributed by atoms with E-state index in [1.165, 1.54) is 12.1 Å². The van der Waals surface area contributed by atoms with Crippen molar-refractivity contribution >= 4 is 16.8 Å². The van der Waals surface area contributed by atoms with Crippen LogP contribution < -0.4 is 5.32 Å². The summed E-state index contributed by atoms with van der Waals surface area (Å²) in [5, 5.41) is 13.0. The SMILES string of the molecule is CC(C)C(O)CNC(=O)Cc1c[nH]c2ccc(F)cc12. The minimum atomic E-state index is -0.556. The lowest BCUT2D eigenvalue weighted by Gasteiger charge is -2.14. The molecular formula is C15H19FN2O2. The van der Waals surface area contributed by atoms with E-state index < -0.39 is 6.10 Å². The predicted octanol–water partition coefficient (Wildman–Crippen LogP) is 1.98. The lowest BCUT2D eigenvalue weighted by atomic mass is 10.1. The van der Waals surface area contributed by atoms with E-state index in [4.69, 9.17) is 0 Å². The van der Waals surface area contributed by atoms with Crippen molar-refractivity contribution in [2.45, 2.75) is 26.4 Å². The lowest BCUT2D eigenvalue weighted by molar-refractivity contribution is -0.121. The zero-order valence-corrected chi connectivity index (χ0v) is 11.6. The van der Waals surface area contributed by atoms with Crippen molar-refractivity contribution in [2.24, 2.45) is 5.92 Å². The Labute approximate surface area is 117 Å². The van der Waals surface area contributed by atoms with Crippen molar-refractivity contribution in [2.75, 3.05) is 6.54 Å². The normalized spacial score (nSPS) is 12.8. The fraction of sp³-hybridized carbons (Fsp3) is 0.400. The molecule has 0 aliphatic rings. The van der Waals surface area contributed by atoms with Crippen molar-refractivity contribution < 1.29 is 14.3 Å². The Morgan fingerprint density at radius 3 is 2.90 bits per heavy atom. The second-order valence-electron chi connectivity index (χ2n) is 5.30. The van der Waals surface area contributed by atoms with Crippen LogP contribution in [0.3, 0.4) is 0 Å². The van der Waals surface area contributed by atoms with Gasteiger partial charge in [-0.25, -0.2) is 4.39 Å². The van der Waals surface area contributed by atoms with Gasteiger partial charge in [-0.2, -0.15) is 0 Å². The molecule has 0 saturated carbocycles. The van der Waals surface area contributed by atoms with Crippen LogP contribution in [0.4, 0.5) is 4.39 Å². The number of hydrogen-bond donors (Lipinski definition) is 3. The fourth-order valence-corrected chi connectivity index (χ4v) is 1.99. The standard InChI is InChI=1S/C15H19FN2O2/c1-9(2)14(19)8-18-15(20)5-10-7-17-13-4-3-11(16)6-12(10)13/h3-4,6-7,9,14,17,19H,5,8H2,1-2H3,(H,18,20). The molecule has 0 spiro atoms. The molecule has 1 aromatic heterocycles. The number of fused-ring (bicyclic) bond motifs is 1. The predicted molar refractivity (Wildman–Crippen MR) is 75.8 cm³/mol. The first-order valence-electron chi connectivity index (χ1n) is 6.67. The van der Waals surface area contributed by atoms with E-state index in [1.54, 1.807) is 12.3 Å². The Morgan fingerprint density at radius 2 is 2.20 bits per heavy atom. The number of benzene rings is 1. The molecule has 0 saturated heterocycles. The molecule has 0 radical (unpaired) electrons. The first kappa shape index (κ1) is 14.5. The Bertz CT molecular complexity index is 607. The summed E-state index contributed by atoms with van der Waals surface area (Å²) < 4.78 is 13.2. The van der Waals surface area contributed by atoms with E-state index >= 15 is 0 Å². The molecule has 5 heteroatoms. The summed E-state index contributed by atoms with van der Waals surface area (Å²) in [6, 6.07) is 4.44. The monoisotopic (exact) mass is 278 g/mol. The number of aliphatic hydroxyl groups excluding tert-OH is 1. The molecule has 1 atom stereocenters. The third kappa shape index (κ3) is 3.36. The summed E-state index contributed by atoms with van der Waals surface area (Å²) in [6.07, 6.45) is 1.32. The zero-order chi connectivity index (χ0) is 14.7. The van der Waals surface area contributed by atoms with Crippen molar-refractivity contribution in [3.05, 3.63) is 35.8 Å². The third-order valence-corrected chi connectivity index (χ3v) is 3.36. The molecule has 20 heavy (non-hydrogen) atoms. The number of hydrogen-bond acceptors (Lipinski definition) is 2. The van der Waals surface area contributed by atoms with Crippen molar-refractivity contribution in [3.8, 4) is 0 Å². The molecule has 1 amide bonds. The number of aliphatic hydroxyl groups is 1. The van der Waals surface area contributed by atoms with Gasteiger partial charge in [0.15, 0.2) is 0 Å². The van der Waals surface area contributed by atoms with Gasteiger partial charge in [0, 0.05) is 23.6 Å². The Morgan fingerprint density at radius 1 is 1.45 bits per heavy atom. The minimum Gasteiger partial charge on any atom is -0.391 e. The van der Waals surface area contributed by atoms with Crippen LogP contribution in [0.15, 0.2) is 24.4 Å². The van der Waals surface area contributed by atoms with Gasteiger partial charge in [-0.3, -0.25) is 4.79 Å². The molecule has 3 N–H and O–H groups in total. The van der Waals surface area contributed by atoms with Crippen molar-refractivity contribution in [1.29, 1.82) is 0 Å². The highest BCUT2D eigenvalue weighted by molar-refractivity contribution is 5.88. The van der Waals surface area contributed by atoms with Gasteiger partial charge in [0.1, 0.15) is 5.82 Å². The van der Waals surface area contributed by atoms with Gasteiger partial charge in [0.05, 0.1) is 12.5 Å². The molecule has 2 aromatic rings. The Balaban J connectivity index is 2.01. The third-order valence-electron chi connectivity index (χ3n) is 3.36. The average molecular weight is 278 g/mol. The number of aromatic amines is 1. The molecule has 0 aliphatic carbocycles. The maximum Gasteiger partial charge on any atom is 0.224 e. The van der Waals surface area contributed by atoms with E-state index in [9.17, 15) is 14.3 Å². The second kappa shape index (κ2) is 6.05. The van der Waals surface area contributed by atoms with Crippen LogP contribution in [0.1, 0.15) is 19.4 Å². The highest BCUT2D eigenvalue weighted by Gasteiger charge is 2.13. The van der Waals surface area contributed by atoms with Gasteiger partial charge in [-0.15, -0.1) is 0 Å². The van der Waals surface area contributed by atoms with E-state index in [-0.39, 0.29) is 30.6 Å². The number of carbonyl (C=O) groups is 1. The molecule has 108 valence electrons. The summed E-state index contributed by atoms with van der Waals surface area (Å²) >= 11 is 0. The van der Waals surface area contributed by atoms with Gasteiger partial charge < -0.3 is 15.4 Å². The fourth-order valence-electron chi connectivity index (χ4n) is 1.99. The molecule has 2 rings (SSSR count). The van der Waals surface area contributed by atoms with Crippen LogP contribution in [-0.4, -0.2) is 28.6 Å². The second-order valence-corrected chi connectivity index (χ2v) is 5.30. The van der Waals surface area contributed by atoms with Crippen LogP contribution in [0.25, 0.3) is 10.9 Å². The highest BCUT2D eigenvalue weighted by Crippen LogP contribution is 2.19. The number of amides is 1. The summed E-state index contributed by atoms with van der Waals surface area (Å²) in [6.45, 7) is 4.01. The highest BCUT2D eigenvalue weighted by atomic mass is 19.1. The molecule has 0 aliphatic heterocycles. The van der Waals surface area contributed by atoms with Gasteiger partial charge in [-0.1, -0.05) is 13.8 Å². The summed E-state index contributed by atoms with van der Waals surface area (Å²) in [4.78, 5) is 14.8. The first-order valence-corrected chi connectivity index (χ1v) is 6.67. The molecule has 0 bridgehead atoms. The van der Waals surface area contributed by atoms with Crippen LogP contribution in [-0.2, 0) is 11.2 Å². The van der Waals surface area contributed by atoms with Crippen LogP contribution in [0, 0.1) is 11.7 Å².